The van der Waals surface area contributed by atoms with E-state index in [0.29, 0.717) is 5.56 Å². The van der Waals surface area contributed by atoms with Crippen molar-refractivity contribution < 1.29 is 22.3 Å². The van der Waals surface area contributed by atoms with Gasteiger partial charge < -0.3 is 14.9 Å². The van der Waals surface area contributed by atoms with Crippen molar-refractivity contribution >= 4 is 20.7 Å². The van der Waals surface area contributed by atoms with E-state index < -0.39 is 20.7 Å². The molecule has 3 nitrogen and oxygen atoms in total. The first-order valence-corrected chi connectivity index (χ1v) is 10.8. The molecule has 2 N–H and O–H groups in total. The predicted octanol–water partition coefficient (Wildman–Crippen LogP) is 5.27. The quantitative estimate of drug-likeness (QED) is 0.706. The monoisotopic (exact) mass is 391 g/mol. The van der Waals surface area contributed by atoms with Crippen molar-refractivity contribution in [1.29, 1.82) is 0 Å². The number of rotatable bonds is 5. The van der Waals surface area contributed by atoms with Gasteiger partial charge in [0.05, 0.1) is 6.04 Å². The van der Waals surface area contributed by atoms with Crippen LogP contribution in [0.3, 0.4) is 0 Å². The van der Waals surface area contributed by atoms with E-state index in [1.54, 1.807) is 0 Å². The molecule has 0 aliphatic heterocycles. The molecule has 0 aliphatic rings. The van der Waals surface area contributed by atoms with Crippen LogP contribution in [0.15, 0.2) is 48.5 Å². The zero-order valence-corrected chi connectivity index (χ0v) is 15.9. The first-order valence-electron chi connectivity index (χ1n) is 7.44. The molecule has 0 heterocycles. The Hall–Kier alpha value is -1.70. The van der Waals surface area contributed by atoms with Gasteiger partial charge in [-0.15, -0.1) is 25.6 Å². The number of alkyl halides is 3. The summed E-state index contributed by atoms with van der Waals surface area (Å²) >= 11 is 0. The third-order valence-corrected chi connectivity index (χ3v) is 3.98. The molecule has 25 heavy (non-hydrogen) atoms. The summed E-state index contributed by atoms with van der Waals surface area (Å²) in [4.78, 5) is 0. The summed E-state index contributed by atoms with van der Waals surface area (Å²) < 4.78 is 46.2. The first kappa shape index (κ1) is 21.3. The van der Waals surface area contributed by atoms with Gasteiger partial charge in [-0.1, -0.05) is 24.3 Å². The average molecular weight is 392 g/mol. The second-order valence-corrected chi connectivity index (χ2v) is 10.8. The zero-order chi connectivity index (χ0) is 18.0. The van der Waals surface area contributed by atoms with Crippen LogP contribution < -0.4 is 14.9 Å². The van der Waals surface area contributed by atoms with E-state index in [1.807, 2.05) is 24.3 Å². The highest BCUT2D eigenvalue weighted by atomic mass is 35.5. The maximum atomic E-state index is 12.2. The van der Waals surface area contributed by atoms with E-state index in [1.165, 1.54) is 24.3 Å². The van der Waals surface area contributed by atoms with Gasteiger partial charge in [-0.25, -0.2) is 0 Å². The first-order chi connectivity index (χ1) is 11.0. The van der Waals surface area contributed by atoms with Crippen molar-refractivity contribution in [3.63, 3.8) is 0 Å². The molecule has 8 heteroatoms. The topological polar surface area (TPSA) is 44.5 Å². The van der Waals surface area contributed by atoms with Crippen LogP contribution in [0, 0.1) is 0 Å². The second kappa shape index (κ2) is 8.12. The lowest BCUT2D eigenvalue weighted by molar-refractivity contribution is -0.274. The molecule has 0 radical (unpaired) electrons. The molecule has 0 bridgehead atoms. The number of halogens is 4. The maximum Gasteiger partial charge on any atom is 0.573 e. The summed E-state index contributed by atoms with van der Waals surface area (Å²) in [5.74, 6) is 0.524. The Morgan fingerprint density at radius 1 is 0.840 bits per heavy atom. The predicted molar refractivity (Wildman–Crippen MR) is 96.8 cm³/mol. The number of hydrogen-bond donors (Lipinski definition) is 1. The minimum Gasteiger partial charge on any atom is -0.544 e. The molecule has 2 aromatic carbocycles. The van der Waals surface area contributed by atoms with Crippen LogP contribution in [0.2, 0.25) is 19.6 Å². The van der Waals surface area contributed by atoms with Crippen LogP contribution in [-0.2, 0) is 0 Å². The molecule has 2 aromatic rings. The van der Waals surface area contributed by atoms with Gasteiger partial charge in [0.2, 0.25) is 8.32 Å². The fourth-order valence-electron chi connectivity index (χ4n) is 2.17. The highest BCUT2D eigenvalue weighted by Crippen LogP contribution is 2.27. The standard InChI is InChI=1S/C17H20F3NO2Si.ClH/c1-24(2,3)23-15-10-6-13(7-11-15)16(21)12-4-8-14(9-5-12)22-17(18,19)20;/h4-11,16H,21H2,1-3H3;1H/t16-;/m0./s1. The van der Waals surface area contributed by atoms with Crippen LogP contribution in [-0.4, -0.2) is 14.7 Å². The summed E-state index contributed by atoms with van der Waals surface area (Å²) in [6.07, 6.45) is -4.70. The lowest BCUT2D eigenvalue weighted by atomic mass is 9.99. The number of nitrogens with two attached hydrogens (primary N) is 1. The van der Waals surface area contributed by atoms with Gasteiger partial charge in [0.1, 0.15) is 11.5 Å². The normalized spacial score (nSPS) is 12.9. The van der Waals surface area contributed by atoms with Crippen LogP contribution in [0.5, 0.6) is 11.5 Å². The van der Waals surface area contributed by atoms with Crippen LogP contribution in [0.4, 0.5) is 13.2 Å². The Balaban J connectivity index is 0.00000312. The van der Waals surface area contributed by atoms with Gasteiger partial charge >= 0.3 is 6.36 Å². The van der Waals surface area contributed by atoms with Crippen molar-refractivity contribution in [1.82, 2.24) is 0 Å². The fraction of sp³-hybridized carbons (Fsp3) is 0.294. The average Bonchev–Trinajstić information content (AvgIpc) is 2.45. The molecule has 0 amide bonds. The van der Waals surface area contributed by atoms with Gasteiger partial charge in [-0.3, -0.25) is 0 Å². The van der Waals surface area contributed by atoms with Crippen molar-refractivity contribution in [3.05, 3.63) is 59.7 Å². The van der Waals surface area contributed by atoms with E-state index in [0.717, 1.165) is 11.3 Å². The molecule has 0 aliphatic carbocycles. The van der Waals surface area contributed by atoms with Gasteiger partial charge in [0.15, 0.2) is 0 Å². The van der Waals surface area contributed by atoms with Gasteiger partial charge in [-0.2, -0.15) is 0 Å². The lowest BCUT2D eigenvalue weighted by Crippen LogP contribution is -2.29. The largest absolute Gasteiger partial charge is 0.573 e. The Morgan fingerprint density at radius 3 is 1.60 bits per heavy atom. The summed E-state index contributed by atoms with van der Waals surface area (Å²) in [6, 6.07) is 12.6. The molecule has 138 valence electrons. The van der Waals surface area contributed by atoms with Crippen LogP contribution in [0.1, 0.15) is 17.2 Å². The molecule has 0 unspecified atom stereocenters. The number of ether oxygens (including phenoxy) is 1. The van der Waals surface area contributed by atoms with E-state index in [4.69, 9.17) is 10.2 Å². The molecule has 0 saturated heterocycles. The molecule has 1 atom stereocenters. The Morgan fingerprint density at radius 2 is 1.24 bits per heavy atom. The van der Waals surface area contributed by atoms with Crippen molar-refractivity contribution in [2.75, 3.05) is 0 Å². The summed E-state index contributed by atoms with van der Waals surface area (Å²) in [5, 5.41) is 0. The number of hydrogen-bond acceptors (Lipinski definition) is 3. The van der Waals surface area contributed by atoms with Crippen molar-refractivity contribution in [2.24, 2.45) is 5.73 Å². The molecular weight excluding hydrogens is 371 g/mol. The summed E-state index contributed by atoms with van der Waals surface area (Å²) in [7, 11) is -1.67. The second-order valence-electron chi connectivity index (χ2n) is 6.38. The van der Waals surface area contributed by atoms with E-state index in [2.05, 4.69) is 24.4 Å². The van der Waals surface area contributed by atoms with E-state index in [9.17, 15) is 13.2 Å². The Labute approximate surface area is 152 Å². The molecule has 0 fully saturated rings. The fourth-order valence-corrected chi connectivity index (χ4v) is 3.01. The smallest absolute Gasteiger partial charge is 0.544 e. The van der Waals surface area contributed by atoms with Crippen LogP contribution in [0.25, 0.3) is 0 Å². The third kappa shape index (κ3) is 6.97. The Bertz CT molecular complexity index is 611. The van der Waals surface area contributed by atoms with Gasteiger partial charge in [-0.05, 0) is 55.0 Å². The summed E-state index contributed by atoms with van der Waals surface area (Å²) in [5.41, 5.74) is 7.72. The summed E-state index contributed by atoms with van der Waals surface area (Å²) in [6.45, 7) is 6.28. The maximum absolute atomic E-state index is 12.2. The highest BCUT2D eigenvalue weighted by molar-refractivity contribution is 6.70. The molecule has 2 rings (SSSR count). The Kier molecular flexibility index (Phi) is 6.93. The van der Waals surface area contributed by atoms with E-state index >= 15 is 0 Å². The lowest BCUT2D eigenvalue weighted by Gasteiger charge is -2.20. The zero-order valence-electron chi connectivity index (χ0n) is 14.1. The van der Waals surface area contributed by atoms with Gasteiger partial charge in [0, 0.05) is 0 Å². The number of benzene rings is 2. The minimum absolute atomic E-state index is 0. The van der Waals surface area contributed by atoms with E-state index in [-0.39, 0.29) is 18.2 Å². The molecule has 0 spiro atoms. The molecule has 0 aromatic heterocycles. The van der Waals surface area contributed by atoms with Crippen molar-refractivity contribution in [2.45, 2.75) is 32.0 Å². The third-order valence-electron chi connectivity index (χ3n) is 3.14. The van der Waals surface area contributed by atoms with Crippen LogP contribution >= 0.6 is 12.4 Å². The SMILES string of the molecule is C[Si](C)(C)Oc1ccc([C@@H](N)c2ccc(OC(F)(F)F)cc2)cc1.Cl. The molecule has 0 saturated carbocycles. The van der Waals surface area contributed by atoms with Gasteiger partial charge in [0.25, 0.3) is 0 Å². The minimum atomic E-state index is -4.70. The van der Waals surface area contributed by atoms with Crippen molar-refractivity contribution in [3.8, 4) is 11.5 Å². The highest BCUT2D eigenvalue weighted by Gasteiger charge is 2.31. The molecular formula is C17H21ClF3NO2Si.